The summed E-state index contributed by atoms with van der Waals surface area (Å²) >= 11 is 0. The van der Waals surface area contributed by atoms with E-state index in [-0.39, 0.29) is 36.0 Å². The van der Waals surface area contributed by atoms with Crippen molar-refractivity contribution >= 4 is 11.0 Å². The van der Waals surface area contributed by atoms with Crippen LogP contribution in [0.3, 0.4) is 0 Å². The SMILES string of the molecule is CC(C)OCC(O)COc1ccc2c(C(F)(F)F)cc(=O)oc2c1. The number of ether oxygens (including phenoxy) is 2. The normalized spacial score (nSPS) is 13.5. The van der Waals surface area contributed by atoms with Crippen molar-refractivity contribution in [2.24, 2.45) is 0 Å². The van der Waals surface area contributed by atoms with Crippen LogP contribution in [0.25, 0.3) is 11.0 Å². The zero-order chi connectivity index (χ0) is 17.9. The van der Waals surface area contributed by atoms with Gasteiger partial charge in [0.15, 0.2) is 0 Å². The first-order valence-corrected chi connectivity index (χ1v) is 7.24. The van der Waals surface area contributed by atoms with E-state index in [9.17, 15) is 23.1 Å². The summed E-state index contributed by atoms with van der Waals surface area (Å²) in [5.41, 5.74) is -2.40. The minimum Gasteiger partial charge on any atom is -0.491 e. The van der Waals surface area contributed by atoms with Crippen LogP contribution >= 0.6 is 0 Å². The Kier molecular flexibility index (Phi) is 5.51. The quantitative estimate of drug-likeness (QED) is 0.815. The van der Waals surface area contributed by atoms with Gasteiger partial charge in [0.05, 0.1) is 18.3 Å². The molecule has 0 aliphatic heterocycles. The Morgan fingerprint density at radius 1 is 1.21 bits per heavy atom. The van der Waals surface area contributed by atoms with Crippen LogP contribution in [0.5, 0.6) is 5.75 Å². The summed E-state index contributed by atoms with van der Waals surface area (Å²) in [6.07, 6.45) is -5.60. The third kappa shape index (κ3) is 4.72. The molecule has 2 rings (SSSR count). The lowest BCUT2D eigenvalue weighted by Crippen LogP contribution is -2.25. The molecule has 24 heavy (non-hydrogen) atoms. The Hall–Kier alpha value is -2.06. The van der Waals surface area contributed by atoms with Gasteiger partial charge in [-0.1, -0.05) is 0 Å². The zero-order valence-corrected chi connectivity index (χ0v) is 13.1. The molecule has 0 saturated heterocycles. The standard InChI is InChI=1S/C16H17F3O5/c1-9(2)22-7-10(20)8-23-11-3-4-12-13(16(17,18)19)6-15(21)24-14(12)5-11/h3-6,9-10,20H,7-8H2,1-2H3. The van der Waals surface area contributed by atoms with Gasteiger partial charge in [-0.05, 0) is 26.0 Å². The molecule has 5 nitrogen and oxygen atoms in total. The summed E-state index contributed by atoms with van der Waals surface area (Å²) in [5, 5.41) is 9.46. The highest BCUT2D eigenvalue weighted by molar-refractivity contribution is 5.82. The van der Waals surface area contributed by atoms with E-state index >= 15 is 0 Å². The Labute approximate surface area is 135 Å². The molecular weight excluding hydrogens is 329 g/mol. The maximum Gasteiger partial charge on any atom is 0.417 e. The predicted octanol–water partition coefficient (Wildman–Crippen LogP) is 2.98. The zero-order valence-electron chi connectivity index (χ0n) is 13.1. The van der Waals surface area contributed by atoms with Crippen LogP contribution in [0.4, 0.5) is 13.2 Å². The fourth-order valence-electron chi connectivity index (χ4n) is 2.01. The highest BCUT2D eigenvalue weighted by atomic mass is 19.4. The lowest BCUT2D eigenvalue weighted by Gasteiger charge is -2.15. The van der Waals surface area contributed by atoms with Crippen molar-refractivity contribution in [1.82, 2.24) is 0 Å². The number of hydrogen-bond donors (Lipinski definition) is 1. The Morgan fingerprint density at radius 2 is 1.92 bits per heavy atom. The highest BCUT2D eigenvalue weighted by Gasteiger charge is 2.33. The van der Waals surface area contributed by atoms with Gasteiger partial charge in [0, 0.05) is 17.5 Å². The van der Waals surface area contributed by atoms with Gasteiger partial charge >= 0.3 is 11.8 Å². The van der Waals surface area contributed by atoms with Crippen molar-refractivity contribution in [3.8, 4) is 5.75 Å². The van der Waals surface area contributed by atoms with Gasteiger partial charge in [-0.3, -0.25) is 0 Å². The molecule has 0 amide bonds. The summed E-state index contributed by atoms with van der Waals surface area (Å²) in [6.45, 7) is 3.59. The van der Waals surface area contributed by atoms with Gasteiger partial charge in [0.2, 0.25) is 0 Å². The van der Waals surface area contributed by atoms with Gasteiger partial charge < -0.3 is 19.0 Å². The topological polar surface area (TPSA) is 68.9 Å². The monoisotopic (exact) mass is 346 g/mol. The van der Waals surface area contributed by atoms with E-state index in [1.807, 2.05) is 13.8 Å². The molecule has 1 atom stereocenters. The third-order valence-corrected chi connectivity index (χ3v) is 3.09. The van der Waals surface area contributed by atoms with Gasteiger partial charge in [-0.2, -0.15) is 13.2 Å². The number of aliphatic hydroxyl groups excluding tert-OH is 1. The molecule has 0 aliphatic rings. The van der Waals surface area contributed by atoms with Crippen LogP contribution in [0.2, 0.25) is 0 Å². The second-order valence-electron chi connectivity index (χ2n) is 5.48. The van der Waals surface area contributed by atoms with E-state index in [1.54, 1.807) is 0 Å². The van der Waals surface area contributed by atoms with Gasteiger partial charge in [0.25, 0.3) is 0 Å². The van der Waals surface area contributed by atoms with Gasteiger partial charge in [0.1, 0.15) is 24.0 Å². The van der Waals surface area contributed by atoms with E-state index in [2.05, 4.69) is 0 Å². The fraction of sp³-hybridized carbons (Fsp3) is 0.438. The molecule has 1 aromatic carbocycles. The third-order valence-electron chi connectivity index (χ3n) is 3.09. The average Bonchev–Trinajstić information content (AvgIpc) is 2.48. The van der Waals surface area contributed by atoms with Crippen molar-refractivity contribution in [3.05, 3.63) is 40.2 Å². The minimum absolute atomic E-state index is 0.0459. The number of rotatable bonds is 6. The smallest absolute Gasteiger partial charge is 0.417 e. The van der Waals surface area contributed by atoms with E-state index in [4.69, 9.17) is 13.9 Å². The second-order valence-corrected chi connectivity index (χ2v) is 5.48. The molecule has 132 valence electrons. The molecule has 0 saturated carbocycles. The first-order chi connectivity index (χ1) is 11.2. The molecule has 1 unspecified atom stereocenters. The first kappa shape index (κ1) is 18.3. The average molecular weight is 346 g/mol. The minimum atomic E-state index is -4.67. The van der Waals surface area contributed by atoms with Crippen molar-refractivity contribution in [1.29, 1.82) is 0 Å². The van der Waals surface area contributed by atoms with Crippen molar-refractivity contribution < 1.29 is 32.2 Å². The molecule has 0 aliphatic carbocycles. The first-order valence-electron chi connectivity index (χ1n) is 7.24. The lowest BCUT2D eigenvalue weighted by molar-refractivity contribution is -0.136. The van der Waals surface area contributed by atoms with Crippen LogP contribution in [-0.4, -0.2) is 30.5 Å². The number of alkyl halides is 3. The van der Waals surface area contributed by atoms with Crippen LogP contribution in [0.1, 0.15) is 19.4 Å². The molecule has 2 aromatic rings. The van der Waals surface area contributed by atoms with Crippen LogP contribution in [-0.2, 0) is 10.9 Å². The molecule has 0 spiro atoms. The summed E-state index contributed by atoms with van der Waals surface area (Å²) in [7, 11) is 0. The summed E-state index contributed by atoms with van der Waals surface area (Å²) in [6, 6.07) is 4.07. The number of hydrogen-bond acceptors (Lipinski definition) is 5. The summed E-state index contributed by atoms with van der Waals surface area (Å²) in [5.74, 6) is 0.175. The van der Waals surface area contributed by atoms with Gasteiger partial charge in [-0.25, -0.2) is 4.79 Å². The second kappa shape index (κ2) is 7.23. The maximum absolute atomic E-state index is 12.9. The number of aliphatic hydroxyl groups is 1. The van der Waals surface area contributed by atoms with Crippen LogP contribution < -0.4 is 10.4 Å². The molecule has 0 bridgehead atoms. The molecular formula is C16H17F3O5. The van der Waals surface area contributed by atoms with Crippen molar-refractivity contribution in [2.75, 3.05) is 13.2 Å². The predicted molar refractivity (Wildman–Crippen MR) is 80.1 cm³/mol. The fourth-order valence-corrected chi connectivity index (χ4v) is 2.01. The van der Waals surface area contributed by atoms with E-state index in [0.717, 1.165) is 6.07 Å². The molecule has 8 heteroatoms. The number of fused-ring (bicyclic) bond motifs is 1. The highest BCUT2D eigenvalue weighted by Crippen LogP contribution is 2.34. The van der Waals surface area contributed by atoms with E-state index < -0.39 is 23.5 Å². The maximum atomic E-state index is 12.9. The summed E-state index contributed by atoms with van der Waals surface area (Å²) < 4.78 is 54.1. The molecule has 1 aromatic heterocycles. The molecule has 0 radical (unpaired) electrons. The largest absolute Gasteiger partial charge is 0.491 e. The van der Waals surface area contributed by atoms with Crippen molar-refractivity contribution in [2.45, 2.75) is 32.2 Å². The van der Waals surface area contributed by atoms with E-state index in [1.165, 1.54) is 12.1 Å². The Morgan fingerprint density at radius 3 is 2.54 bits per heavy atom. The lowest BCUT2D eigenvalue weighted by atomic mass is 10.1. The van der Waals surface area contributed by atoms with Crippen molar-refractivity contribution in [3.63, 3.8) is 0 Å². The van der Waals surface area contributed by atoms with E-state index in [0.29, 0.717) is 6.07 Å². The molecule has 0 fully saturated rings. The van der Waals surface area contributed by atoms with Crippen LogP contribution in [0.15, 0.2) is 33.5 Å². The summed E-state index contributed by atoms with van der Waals surface area (Å²) in [4.78, 5) is 11.3. The number of halogens is 3. The van der Waals surface area contributed by atoms with Crippen LogP contribution in [0, 0.1) is 0 Å². The molecule has 1 heterocycles. The van der Waals surface area contributed by atoms with Gasteiger partial charge in [-0.15, -0.1) is 0 Å². The Bertz CT molecular complexity index is 751. The Balaban J connectivity index is 2.18. The number of benzene rings is 1. The molecule has 1 N–H and O–H groups in total.